The van der Waals surface area contributed by atoms with Crippen molar-refractivity contribution in [1.29, 1.82) is 0 Å². The molecule has 0 aliphatic rings. The third-order valence-electron chi connectivity index (χ3n) is 4.09. The lowest BCUT2D eigenvalue weighted by Crippen LogP contribution is -2.20. The molecule has 0 saturated heterocycles. The molecule has 10 nitrogen and oxygen atoms in total. The molecule has 0 bridgehead atoms. The van der Waals surface area contributed by atoms with Crippen LogP contribution in [0.4, 0.5) is 5.69 Å². The number of anilines is 1. The fourth-order valence-electron chi connectivity index (χ4n) is 2.54. The molecule has 1 heterocycles. The van der Waals surface area contributed by atoms with Crippen LogP contribution in [0.15, 0.2) is 24.3 Å². The maximum absolute atomic E-state index is 12.0. The van der Waals surface area contributed by atoms with Crippen molar-refractivity contribution in [2.24, 2.45) is 12.8 Å². The molecule has 2 aromatic rings. The van der Waals surface area contributed by atoms with Crippen molar-refractivity contribution in [2.45, 2.75) is 13.8 Å². The Morgan fingerprint density at radius 2 is 1.93 bits per heavy atom. The van der Waals surface area contributed by atoms with E-state index in [1.165, 1.54) is 19.3 Å². The molecule has 0 aliphatic heterocycles. The van der Waals surface area contributed by atoms with Crippen molar-refractivity contribution in [1.82, 2.24) is 9.78 Å². The van der Waals surface area contributed by atoms with Gasteiger partial charge in [0.25, 0.3) is 11.8 Å². The Kier molecular flexibility index (Phi) is 7.56. The molecule has 2 amide bonds. The average molecular weight is 416 g/mol. The van der Waals surface area contributed by atoms with Crippen LogP contribution in [-0.2, 0) is 26.2 Å². The van der Waals surface area contributed by atoms with Crippen LogP contribution in [0.5, 0.6) is 11.5 Å². The molecule has 0 spiro atoms. The van der Waals surface area contributed by atoms with Crippen LogP contribution in [0.3, 0.4) is 0 Å². The fourth-order valence-corrected chi connectivity index (χ4v) is 2.54. The lowest BCUT2D eigenvalue weighted by molar-refractivity contribution is -0.142. The predicted octanol–water partition coefficient (Wildman–Crippen LogP) is 1.10. The van der Waals surface area contributed by atoms with Crippen LogP contribution >= 0.6 is 0 Å². The third kappa shape index (κ3) is 6.09. The van der Waals surface area contributed by atoms with Crippen molar-refractivity contribution in [3.63, 3.8) is 0 Å². The highest BCUT2D eigenvalue weighted by atomic mass is 16.5. The standard InChI is InChI=1S/C20H24N4O6/c1-12-20(13(2)24(3)23-12)22-18(26)11-30-19(27)8-6-14-5-7-15(16(9-14)28-4)29-10-17(21)25/h5-9H,10-11H2,1-4H3,(H2,21,25)(H,22,26)/b8-6+. The normalized spacial score (nSPS) is 10.7. The number of benzene rings is 1. The monoisotopic (exact) mass is 416 g/mol. The van der Waals surface area contributed by atoms with Gasteiger partial charge in [-0.1, -0.05) is 6.07 Å². The molecule has 1 aromatic heterocycles. The zero-order valence-electron chi connectivity index (χ0n) is 17.2. The molecule has 2 rings (SSSR count). The van der Waals surface area contributed by atoms with Gasteiger partial charge in [-0.2, -0.15) is 5.10 Å². The number of methoxy groups -OCH3 is 1. The minimum absolute atomic E-state index is 0.280. The minimum atomic E-state index is -0.683. The summed E-state index contributed by atoms with van der Waals surface area (Å²) >= 11 is 0. The van der Waals surface area contributed by atoms with Gasteiger partial charge in [0, 0.05) is 13.1 Å². The van der Waals surface area contributed by atoms with E-state index in [2.05, 4.69) is 10.4 Å². The first-order valence-electron chi connectivity index (χ1n) is 8.95. The number of primary amides is 1. The van der Waals surface area contributed by atoms with E-state index in [0.717, 1.165) is 5.69 Å². The second kappa shape index (κ2) is 10.1. The maximum Gasteiger partial charge on any atom is 0.331 e. The van der Waals surface area contributed by atoms with Crippen LogP contribution in [0.25, 0.3) is 6.08 Å². The average Bonchev–Trinajstić information content (AvgIpc) is 2.95. The van der Waals surface area contributed by atoms with E-state index in [4.69, 9.17) is 19.9 Å². The van der Waals surface area contributed by atoms with Crippen LogP contribution in [-0.4, -0.2) is 47.9 Å². The number of aromatic nitrogens is 2. The van der Waals surface area contributed by atoms with E-state index >= 15 is 0 Å². The Morgan fingerprint density at radius 1 is 1.20 bits per heavy atom. The summed E-state index contributed by atoms with van der Waals surface area (Å²) in [6, 6.07) is 4.85. The van der Waals surface area contributed by atoms with Crippen LogP contribution in [0.1, 0.15) is 17.0 Å². The van der Waals surface area contributed by atoms with Gasteiger partial charge in [-0.3, -0.25) is 14.3 Å². The number of nitrogens with two attached hydrogens (primary N) is 1. The minimum Gasteiger partial charge on any atom is -0.493 e. The number of aryl methyl sites for hydroxylation is 2. The SMILES string of the molecule is COc1cc(/C=C/C(=O)OCC(=O)Nc2c(C)nn(C)c2C)ccc1OCC(N)=O. The van der Waals surface area contributed by atoms with E-state index in [1.807, 2.05) is 6.92 Å². The molecule has 0 radical (unpaired) electrons. The van der Waals surface area contributed by atoms with E-state index in [1.54, 1.807) is 36.9 Å². The third-order valence-corrected chi connectivity index (χ3v) is 4.09. The Morgan fingerprint density at radius 3 is 2.53 bits per heavy atom. The Labute approximate surface area is 173 Å². The highest BCUT2D eigenvalue weighted by Gasteiger charge is 2.13. The smallest absolute Gasteiger partial charge is 0.331 e. The number of hydrogen-bond acceptors (Lipinski definition) is 7. The van der Waals surface area contributed by atoms with Gasteiger partial charge in [0.1, 0.15) is 0 Å². The molecule has 0 atom stereocenters. The second-order valence-electron chi connectivity index (χ2n) is 6.32. The van der Waals surface area contributed by atoms with Crippen molar-refractivity contribution >= 4 is 29.5 Å². The second-order valence-corrected chi connectivity index (χ2v) is 6.32. The van der Waals surface area contributed by atoms with Gasteiger partial charge in [0.2, 0.25) is 0 Å². The molecular formula is C20H24N4O6. The number of hydrogen-bond donors (Lipinski definition) is 2. The quantitative estimate of drug-likeness (QED) is 0.462. The maximum atomic E-state index is 12.0. The molecule has 0 unspecified atom stereocenters. The van der Waals surface area contributed by atoms with E-state index in [9.17, 15) is 14.4 Å². The molecule has 30 heavy (non-hydrogen) atoms. The Balaban J connectivity index is 1.91. The molecule has 160 valence electrons. The van der Waals surface area contributed by atoms with Gasteiger partial charge < -0.3 is 25.3 Å². The lowest BCUT2D eigenvalue weighted by Gasteiger charge is -2.10. The van der Waals surface area contributed by atoms with Crippen LogP contribution in [0.2, 0.25) is 0 Å². The van der Waals surface area contributed by atoms with Crippen molar-refractivity contribution in [2.75, 3.05) is 25.6 Å². The number of ether oxygens (including phenoxy) is 3. The zero-order valence-corrected chi connectivity index (χ0v) is 17.2. The summed E-state index contributed by atoms with van der Waals surface area (Å²) in [4.78, 5) is 34.7. The van der Waals surface area contributed by atoms with Gasteiger partial charge in [-0.15, -0.1) is 0 Å². The number of carbonyl (C=O) groups is 3. The largest absolute Gasteiger partial charge is 0.493 e. The molecular weight excluding hydrogens is 392 g/mol. The van der Waals surface area contributed by atoms with Gasteiger partial charge in [0.05, 0.1) is 24.2 Å². The number of rotatable bonds is 9. The Bertz CT molecular complexity index is 980. The first-order valence-corrected chi connectivity index (χ1v) is 8.95. The first kappa shape index (κ1) is 22.5. The summed E-state index contributed by atoms with van der Waals surface area (Å²) in [5.74, 6) is -1.05. The zero-order chi connectivity index (χ0) is 22.3. The Hall–Kier alpha value is -3.82. The summed E-state index contributed by atoms with van der Waals surface area (Å²) in [5.41, 5.74) is 7.74. The van der Waals surface area contributed by atoms with E-state index < -0.39 is 24.4 Å². The summed E-state index contributed by atoms with van der Waals surface area (Å²) in [7, 11) is 3.22. The van der Waals surface area contributed by atoms with Crippen molar-refractivity contribution in [3.8, 4) is 11.5 Å². The lowest BCUT2D eigenvalue weighted by atomic mass is 10.2. The number of nitrogens with zero attached hydrogens (tertiary/aromatic N) is 2. The predicted molar refractivity (Wildman–Crippen MR) is 109 cm³/mol. The van der Waals surface area contributed by atoms with Crippen LogP contribution < -0.4 is 20.5 Å². The highest BCUT2D eigenvalue weighted by molar-refractivity contribution is 5.95. The summed E-state index contributed by atoms with van der Waals surface area (Å²) in [5, 5.41) is 6.89. The topological polar surface area (TPSA) is 135 Å². The number of carbonyl (C=O) groups excluding carboxylic acids is 3. The summed E-state index contributed by atoms with van der Waals surface area (Å²) < 4.78 is 17.0. The molecule has 10 heteroatoms. The van der Waals surface area contributed by atoms with Crippen molar-refractivity contribution < 1.29 is 28.6 Å². The highest BCUT2D eigenvalue weighted by Crippen LogP contribution is 2.28. The molecule has 0 fully saturated rings. The molecule has 1 aromatic carbocycles. The summed E-state index contributed by atoms with van der Waals surface area (Å²) in [6.07, 6.45) is 2.68. The number of esters is 1. The molecule has 0 aliphatic carbocycles. The first-order chi connectivity index (χ1) is 14.2. The fraction of sp³-hybridized carbons (Fsp3) is 0.300. The van der Waals surface area contributed by atoms with Gasteiger partial charge in [0.15, 0.2) is 24.7 Å². The number of nitrogens with one attached hydrogen (secondary N) is 1. The van der Waals surface area contributed by atoms with Gasteiger partial charge >= 0.3 is 5.97 Å². The molecule has 3 N–H and O–H groups in total. The summed E-state index contributed by atoms with van der Waals surface area (Å²) in [6.45, 7) is 2.89. The van der Waals surface area contributed by atoms with Crippen LogP contribution in [0, 0.1) is 13.8 Å². The number of amides is 2. The van der Waals surface area contributed by atoms with Gasteiger partial charge in [-0.25, -0.2) is 4.79 Å². The van der Waals surface area contributed by atoms with Gasteiger partial charge in [-0.05, 0) is 37.6 Å². The molecule has 0 saturated carbocycles. The van der Waals surface area contributed by atoms with E-state index in [-0.39, 0.29) is 6.61 Å². The van der Waals surface area contributed by atoms with Crippen molar-refractivity contribution in [3.05, 3.63) is 41.2 Å². The van der Waals surface area contributed by atoms with E-state index in [0.29, 0.717) is 28.4 Å².